The van der Waals surface area contributed by atoms with Gasteiger partial charge in [0.2, 0.25) is 0 Å². The van der Waals surface area contributed by atoms with Gasteiger partial charge < -0.3 is 20.1 Å². The van der Waals surface area contributed by atoms with Crippen molar-refractivity contribution in [2.75, 3.05) is 12.4 Å². The van der Waals surface area contributed by atoms with Crippen LogP contribution in [0.3, 0.4) is 0 Å². The number of rotatable bonds is 10. The minimum absolute atomic E-state index is 0. The van der Waals surface area contributed by atoms with Crippen molar-refractivity contribution in [1.82, 2.24) is 0 Å². The molecule has 0 bridgehead atoms. The van der Waals surface area contributed by atoms with Crippen molar-refractivity contribution in [1.29, 1.82) is 0 Å². The average molecular weight is 1180 g/mol. The molecule has 11 rings (SSSR count). The lowest BCUT2D eigenvalue weighted by atomic mass is 9.46. The number of hydrogen-bond acceptors (Lipinski definition) is 8. The molecule has 8 nitrogen and oxygen atoms in total. The first-order valence-electron chi connectivity index (χ1n) is 30.0. The zero-order valence-electron chi connectivity index (χ0n) is 48.3. The van der Waals surface area contributed by atoms with Gasteiger partial charge in [0, 0.05) is 12.8 Å². The highest BCUT2D eigenvalue weighted by Crippen LogP contribution is 2.70. The molecule has 7 fully saturated rings. The van der Waals surface area contributed by atoms with Crippen LogP contribution in [0.15, 0.2) is 93.8 Å². The molecule has 1 aliphatic heterocycles. The first-order chi connectivity index (χ1) is 37.2. The van der Waals surface area contributed by atoms with Crippen LogP contribution >= 0.6 is 0 Å². The molecular weight excluding hydrogens is 1090 g/mol. The fourth-order valence-electron chi connectivity index (χ4n) is 18.9. The molecule has 0 amide bonds. The van der Waals surface area contributed by atoms with Gasteiger partial charge >= 0.3 is 12.4 Å². The van der Waals surface area contributed by atoms with Gasteiger partial charge in [-0.15, -0.1) is 0 Å². The number of epoxide rings is 1. The number of allylic oxidation sites excluding steroid dienone is 2. The molecule has 81 heavy (non-hydrogen) atoms. The second-order valence-electron chi connectivity index (χ2n) is 27.9. The molecule has 2 aromatic rings. The van der Waals surface area contributed by atoms with Crippen LogP contribution in [0.2, 0.25) is 0 Å². The predicted octanol–water partition coefficient (Wildman–Crippen LogP) is 15.1. The number of halogens is 6. The fraction of sp³-hybridized carbons (Fsp3) is 0.754. The Kier molecular flexibility index (Phi) is 18.1. The Morgan fingerprint density at radius 2 is 1.01 bits per heavy atom. The molecule has 0 spiro atoms. The number of aliphatic hydroxyl groups is 3. The first-order valence-corrected chi connectivity index (χ1v) is 33.2. The normalized spacial score (nSPS) is 40.3. The minimum atomic E-state index is -4.63. The van der Waals surface area contributed by atoms with Crippen molar-refractivity contribution in [3.63, 3.8) is 0 Å². The zero-order chi connectivity index (χ0) is 58.4. The van der Waals surface area contributed by atoms with Crippen LogP contribution in [-0.2, 0) is 24.4 Å². The first kappa shape index (κ1) is 64.2. The molecule has 0 aromatic heterocycles. The third-order valence-corrected chi connectivity index (χ3v) is 27.9. The lowest BCUT2D eigenvalue weighted by molar-refractivity contribution is -0.271. The summed E-state index contributed by atoms with van der Waals surface area (Å²) >= 11 is 0. The number of aliphatic hydroxyl groups excluding tert-OH is 1. The van der Waals surface area contributed by atoms with Crippen molar-refractivity contribution >= 4 is 19.7 Å². The van der Waals surface area contributed by atoms with Crippen LogP contribution in [0.5, 0.6) is 0 Å². The van der Waals surface area contributed by atoms with Crippen LogP contribution < -0.4 is 0 Å². The highest BCUT2D eigenvalue weighted by atomic mass is 32.2. The summed E-state index contributed by atoms with van der Waals surface area (Å²) in [5.41, 5.74) is -4.30. The summed E-state index contributed by atoms with van der Waals surface area (Å²) in [5.74, 6) is 2.76. The highest BCUT2D eigenvalue weighted by Gasteiger charge is 2.66. The molecule has 456 valence electrons. The average Bonchev–Trinajstić information content (AvgIpc) is 3.60. The molecule has 6 saturated carbocycles. The van der Waals surface area contributed by atoms with Crippen LogP contribution in [0.25, 0.3) is 0 Å². The second-order valence-corrected chi connectivity index (χ2v) is 32.1. The fourth-order valence-corrected chi connectivity index (χ4v) is 22.8. The number of hydrogen-bond donors (Lipinski definition) is 3. The van der Waals surface area contributed by atoms with Gasteiger partial charge in [-0.1, -0.05) is 109 Å². The summed E-state index contributed by atoms with van der Waals surface area (Å²) in [5, 5.41) is 30.5. The lowest BCUT2D eigenvalue weighted by Crippen LogP contribution is -2.56. The lowest BCUT2D eigenvalue weighted by Gasteiger charge is -2.59. The smallest absolute Gasteiger partial charge is 0.393 e. The number of fused-ring (bicyclic) bond motifs is 10. The Morgan fingerprint density at radius 3 is 1.42 bits per heavy atom. The molecule has 16 heteroatoms. The summed E-state index contributed by atoms with van der Waals surface area (Å²) in [6.07, 6.45) is 3.70. The van der Waals surface area contributed by atoms with E-state index in [1.165, 1.54) is 0 Å². The monoisotopic (exact) mass is 1180 g/mol. The maximum absolute atomic E-state index is 13.9. The molecule has 2 aromatic carbocycles. The van der Waals surface area contributed by atoms with Crippen molar-refractivity contribution in [2.24, 2.45) is 80.8 Å². The van der Waals surface area contributed by atoms with Gasteiger partial charge in [0.25, 0.3) is 0 Å². The summed E-state index contributed by atoms with van der Waals surface area (Å²) in [6, 6.07) is 17.2. The Bertz CT molecular complexity index is 2820. The number of benzene rings is 2. The van der Waals surface area contributed by atoms with Gasteiger partial charge in [0.15, 0.2) is 30.9 Å². The van der Waals surface area contributed by atoms with E-state index < -0.39 is 54.6 Å². The van der Waals surface area contributed by atoms with Gasteiger partial charge in [-0.3, -0.25) is 0 Å². The van der Waals surface area contributed by atoms with E-state index in [-0.39, 0.29) is 90.6 Å². The van der Waals surface area contributed by atoms with Crippen LogP contribution in [0, 0.1) is 80.8 Å². The SMILES string of the molecule is C.C[C@@H]1CO1.C[C@H](C(C[C@@H](C)O)S(=O)(=O)c1ccccc1)[C@H]1CC[C@H]2[C@@H]3CC=C4C[C@](O)(C(F)(F)F)CC[C@]4(C)[C@H]3CC[C@]12C.C[C@H](CS(=O)(=O)c1ccccc1)[C@H]1CC[C@H]2[C@@H]3CC=C4C[C@](O)(C(F)(F)F)CC[C@]4(C)[C@H]3CC[C@]12C. The van der Waals surface area contributed by atoms with E-state index in [0.717, 1.165) is 82.0 Å². The van der Waals surface area contributed by atoms with Crippen molar-refractivity contribution in [2.45, 2.75) is 223 Å². The number of alkyl halides is 6. The van der Waals surface area contributed by atoms with E-state index in [0.29, 0.717) is 64.2 Å². The molecule has 19 atom stereocenters. The Labute approximate surface area is 480 Å². The minimum Gasteiger partial charge on any atom is -0.393 e. The van der Waals surface area contributed by atoms with Crippen LogP contribution in [0.4, 0.5) is 26.3 Å². The second kappa shape index (κ2) is 22.8. The molecular formula is C65H94F6O8S2. The maximum atomic E-state index is 13.9. The summed E-state index contributed by atoms with van der Waals surface area (Å²) in [6.45, 7) is 17.8. The molecule has 1 unspecified atom stereocenters. The van der Waals surface area contributed by atoms with Gasteiger partial charge in [-0.25, -0.2) is 16.8 Å². The summed E-state index contributed by atoms with van der Waals surface area (Å²) in [4.78, 5) is 0.680. The Hall–Kier alpha value is -2.76. The van der Waals surface area contributed by atoms with Crippen molar-refractivity contribution in [3.8, 4) is 0 Å². The largest absolute Gasteiger partial charge is 0.417 e. The van der Waals surface area contributed by atoms with E-state index in [2.05, 4.69) is 48.5 Å². The quantitative estimate of drug-likeness (QED) is 0.121. The van der Waals surface area contributed by atoms with Crippen molar-refractivity contribution < 1.29 is 63.2 Å². The topological polar surface area (TPSA) is 142 Å². The van der Waals surface area contributed by atoms with Gasteiger partial charge in [0.1, 0.15) is 0 Å². The molecule has 8 aliphatic carbocycles. The van der Waals surface area contributed by atoms with E-state index >= 15 is 0 Å². The zero-order valence-corrected chi connectivity index (χ0v) is 50.0. The van der Waals surface area contributed by atoms with Gasteiger partial charge in [0.05, 0.1) is 39.6 Å². The highest BCUT2D eigenvalue weighted by molar-refractivity contribution is 7.92. The van der Waals surface area contributed by atoms with Crippen molar-refractivity contribution in [3.05, 3.63) is 84.0 Å². The van der Waals surface area contributed by atoms with Gasteiger partial charge in [-0.2, -0.15) is 26.3 Å². The predicted molar refractivity (Wildman–Crippen MR) is 305 cm³/mol. The summed E-state index contributed by atoms with van der Waals surface area (Å²) in [7, 11) is -7.01. The molecule has 1 saturated heterocycles. The molecule has 3 N–H and O–H groups in total. The molecule has 9 aliphatic rings. The van der Waals surface area contributed by atoms with E-state index in [1.54, 1.807) is 61.5 Å². The third-order valence-electron chi connectivity index (χ3n) is 23.6. The van der Waals surface area contributed by atoms with Crippen LogP contribution in [-0.4, -0.2) is 85.5 Å². The molecule has 0 radical (unpaired) electrons. The number of sulfone groups is 2. The Morgan fingerprint density at radius 1 is 0.605 bits per heavy atom. The maximum Gasteiger partial charge on any atom is 0.417 e. The number of ether oxygens (including phenoxy) is 1. The molecule has 1 heterocycles. The standard InChI is InChI=1S/C32H45F3O4S.C29H39F3O3S.C3H6O.CH4/c1-20(36)18-28(40(38,39)23-8-6-5-7-9-23)21(2)25-12-13-26-24-11-10-22-19-31(37,32(33,34)35)17-16-29(22,3)27(24)14-15-30(25,26)4;1-19(18-36(34,35)21-7-5-4-6-8-21)23-11-12-24-22-10-9-20-17-28(33,29(30,31)32)16-15-26(20,2)25(22)13-14-27(23,24)3;1-3-2-4-3;/h5-10,20-21,24-28,36-37H,11-19H2,1-4H3;4-9,19,22-25,33H,10-18H2,1-3H3;3H,2H2,1H3;1H4/t20-,21+,24+,25-,26+,27+,28?,29+,30-,31+;19-,22+,23-,24+,25+,26+,27-,28+;3-;/m111./s1. The third kappa shape index (κ3) is 11.7. The van der Waals surface area contributed by atoms with Gasteiger partial charge in [-0.05, 0) is 215 Å². The van der Waals surface area contributed by atoms with E-state index in [4.69, 9.17) is 4.74 Å². The van der Waals surface area contributed by atoms with E-state index in [1.807, 2.05) is 18.2 Å². The summed E-state index contributed by atoms with van der Waals surface area (Å²) < 4.78 is 140. The Balaban J connectivity index is 0.000000197. The van der Waals surface area contributed by atoms with E-state index in [9.17, 15) is 58.5 Å². The van der Waals surface area contributed by atoms with Crippen LogP contribution in [0.1, 0.15) is 172 Å².